The fourth-order valence-electron chi connectivity index (χ4n) is 4.44. The smallest absolute Gasteiger partial charge is 0.300 e. The predicted molar refractivity (Wildman–Crippen MR) is 140 cm³/mol. The lowest BCUT2D eigenvalue weighted by atomic mass is 9.94. The zero-order chi connectivity index (χ0) is 26.0. The Bertz CT molecular complexity index is 1340. The molecule has 1 aliphatic heterocycles. The van der Waals surface area contributed by atoms with Gasteiger partial charge in [0.05, 0.1) is 25.3 Å². The Hall–Kier alpha value is -4.06. The molecule has 3 aromatic rings. The molecule has 1 fully saturated rings. The first-order valence-corrected chi connectivity index (χ1v) is 12.0. The summed E-state index contributed by atoms with van der Waals surface area (Å²) in [6.45, 7) is 8.49. The highest BCUT2D eigenvalue weighted by atomic mass is 16.5. The number of aryl methyl sites for hydroxylation is 2. The summed E-state index contributed by atoms with van der Waals surface area (Å²) < 4.78 is 11.2. The second-order valence-corrected chi connectivity index (χ2v) is 9.47. The second-order valence-electron chi connectivity index (χ2n) is 9.47. The maximum absolute atomic E-state index is 13.4. The van der Waals surface area contributed by atoms with Gasteiger partial charge in [-0.15, -0.1) is 0 Å². The molecule has 4 rings (SSSR count). The normalized spacial score (nSPS) is 17.1. The summed E-state index contributed by atoms with van der Waals surface area (Å²) in [5.41, 5.74) is 3.60. The quantitative estimate of drug-likeness (QED) is 0.253. The third-order valence-corrected chi connectivity index (χ3v) is 6.16. The number of hydrogen-bond donors (Lipinski definition) is 1. The number of rotatable bonds is 7. The Kier molecular flexibility index (Phi) is 7.15. The molecule has 0 saturated carbocycles. The van der Waals surface area contributed by atoms with Crippen molar-refractivity contribution in [3.63, 3.8) is 0 Å². The van der Waals surface area contributed by atoms with Crippen LogP contribution < -0.4 is 14.4 Å². The molecule has 1 heterocycles. The van der Waals surface area contributed by atoms with Gasteiger partial charge in [0, 0.05) is 11.3 Å². The number of ether oxygens (including phenoxy) is 2. The first-order chi connectivity index (χ1) is 17.2. The molecule has 6 heteroatoms. The fraction of sp³-hybridized carbons (Fsp3) is 0.267. The summed E-state index contributed by atoms with van der Waals surface area (Å²) in [7, 11) is 1.56. The van der Waals surface area contributed by atoms with Gasteiger partial charge in [0.1, 0.15) is 17.3 Å². The van der Waals surface area contributed by atoms with Crippen molar-refractivity contribution in [3.05, 3.63) is 94.6 Å². The number of nitrogens with zero attached hydrogens (tertiary/aromatic N) is 1. The second kappa shape index (κ2) is 10.3. The molecular weight excluding hydrogens is 454 g/mol. The summed E-state index contributed by atoms with van der Waals surface area (Å²) in [6, 6.07) is 19.0. The van der Waals surface area contributed by atoms with Crippen LogP contribution in [0.2, 0.25) is 0 Å². The van der Waals surface area contributed by atoms with Crippen molar-refractivity contribution in [1.82, 2.24) is 0 Å². The monoisotopic (exact) mass is 485 g/mol. The number of hydrogen-bond acceptors (Lipinski definition) is 5. The van der Waals surface area contributed by atoms with Crippen LogP contribution in [-0.2, 0) is 9.59 Å². The SMILES string of the molecule is COc1cccc(C2/C(=C(\O)c3cccc(OCC(C)C)c3)C(=O)C(=O)N2c2ccc(C)cc2C)c1. The molecule has 186 valence electrons. The average molecular weight is 486 g/mol. The van der Waals surface area contributed by atoms with Crippen LogP contribution in [0.5, 0.6) is 11.5 Å². The highest BCUT2D eigenvalue weighted by Crippen LogP contribution is 2.44. The zero-order valence-electron chi connectivity index (χ0n) is 21.2. The maximum atomic E-state index is 13.4. The van der Waals surface area contributed by atoms with E-state index in [1.54, 1.807) is 49.6 Å². The number of benzene rings is 3. The minimum absolute atomic E-state index is 0.0224. The summed E-state index contributed by atoms with van der Waals surface area (Å²) in [5.74, 6) is -0.184. The number of amides is 1. The van der Waals surface area contributed by atoms with E-state index in [0.29, 0.717) is 40.8 Å². The number of carbonyl (C=O) groups excluding carboxylic acids is 2. The van der Waals surface area contributed by atoms with Crippen molar-refractivity contribution in [2.45, 2.75) is 33.7 Å². The minimum atomic E-state index is -0.832. The number of ketones is 1. The average Bonchev–Trinajstić information content (AvgIpc) is 3.12. The Morgan fingerprint density at radius 2 is 1.69 bits per heavy atom. The molecule has 1 atom stereocenters. The van der Waals surface area contributed by atoms with Crippen LogP contribution in [-0.4, -0.2) is 30.5 Å². The highest BCUT2D eigenvalue weighted by molar-refractivity contribution is 6.51. The summed E-state index contributed by atoms with van der Waals surface area (Å²) in [4.78, 5) is 28.4. The number of methoxy groups -OCH3 is 1. The van der Waals surface area contributed by atoms with E-state index in [1.165, 1.54) is 4.90 Å². The molecule has 1 aliphatic rings. The van der Waals surface area contributed by atoms with Gasteiger partial charge in [-0.3, -0.25) is 14.5 Å². The van der Waals surface area contributed by atoms with Crippen LogP contribution in [0, 0.1) is 19.8 Å². The Morgan fingerprint density at radius 1 is 0.972 bits per heavy atom. The molecule has 0 radical (unpaired) electrons. The van der Waals surface area contributed by atoms with Gasteiger partial charge in [-0.2, -0.15) is 0 Å². The maximum Gasteiger partial charge on any atom is 0.300 e. The largest absolute Gasteiger partial charge is 0.507 e. The lowest BCUT2D eigenvalue weighted by Crippen LogP contribution is -2.30. The van der Waals surface area contributed by atoms with Crippen molar-refractivity contribution in [1.29, 1.82) is 0 Å². The van der Waals surface area contributed by atoms with E-state index in [1.807, 2.05) is 52.0 Å². The molecule has 1 amide bonds. The predicted octanol–water partition coefficient (Wildman–Crippen LogP) is 5.97. The van der Waals surface area contributed by atoms with E-state index in [0.717, 1.165) is 11.1 Å². The zero-order valence-corrected chi connectivity index (χ0v) is 21.2. The summed E-state index contributed by atoms with van der Waals surface area (Å²) in [5, 5.41) is 11.4. The highest BCUT2D eigenvalue weighted by Gasteiger charge is 2.47. The molecular formula is C30H31NO5. The topological polar surface area (TPSA) is 76.1 Å². The van der Waals surface area contributed by atoms with Crippen LogP contribution in [0.1, 0.15) is 42.1 Å². The molecule has 36 heavy (non-hydrogen) atoms. The van der Waals surface area contributed by atoms with Gasteiger partial charge in [0.2, 0.25) is 0 Å². The van der Waals surface area contributed by atoms with Crippen molar-refractivity contribution >= 4 is 23.1 Å². The molecule has 1 N–H and O–H groups in total. The van der Waals surface area contributed by atoms with E-state index >= 15 is 0 Å². The van der Waals surface area contributed by atoms with Gasteiger partial charge < -0.3 is 14.6 Å². The molecule has 6 nitrogen and oxygen atoms in total. The minimum Gasteiger partial charge on any atom is -0.507 e. The van der Waals surface area contributed by atoms with Crippen LogP contribution in [0.25, 0.3) is 5.76 Å². The molecule has 3 aromatic carbocycles. The molecule has 1 saturated heterocycles. The van der Waals surface area contributed by atoms with Crippen LogP contribution in [0.3, 0.4) is 0 Å². The number of aliphatic hydroxyl groups excluding tert-OH is 1. The van der Waals surface area contributed by atoms with Crippen molar-refractivity contribution in [2.24, 2.45) is 5.92 Å². The standard InChI is InChI=1S/C30H31NO5/c1-18(2)17-36-24-11-7-9-22(16-24)28(32)26-27(21-8-6-10-23(15-21)35-5)31(30(34)29(26)33)25-13-12-19(3)14-20(25)4/h6-16,18,27,32H,17H2,1-5H3/b28-26+. The Balaban J connectivity index is 1.90. The van der Waals surface area contributed by atoms with Crippen LogP contribution >= 0.6 is 0 Å². The summed E-state index contributed by atoms with van der Waals surface area (Å²) >= 11 is 0. The lowest BCUT2D eigenvalue weighted by molar-refractivity contribution is -0.132. The Morgan fingerprint density at radius 3 is 2.39 bits per heavy atom. The van der Waals surface area contributed by atoms with E-state index in [2.05, 4.69) is 0 Å². The molecule has 0 spiro atoms. The molecule has 0 aromatic heterocycles. The summed E-state index contributed by atoms with van der Waals surface area (Å²) in [6.07, 6.45) is 0. The Labute approximate surface area is 211 Å². The van der Waals surface area contributed by atoms with Crippen molar-refractivity contribution in [2.75, 3.05) is 18.6 Å². The first kappa shape index (κ1) is 25.0. The van der Waals surface area contributed by atoms with Crippen LogP contribution in [0.15, 0.2) is 72.3 Å². The number of Topliss-reactive ketones (excluding diaryl/α,β-unsaturated/α-hetero) is 1. The van der Waals surface area contributed by atoms with E-state index in [9.17, 15) is 14.7 Å². The first-order valence-electron chi connectivity index (χ1n) is 12.0. The molecule has 0 aliphatic carbocycles. The van der Waals surface area contributed by atoms with Crippen LogP contribution in [0.4, 0.5) is 5.69 Å². The van der Waals surface area contributed by atoms with E-state index in [-0.39, 0.29) is 11.3 Å². The van der Waals surface area contributed by atoms with E-state index in [4.69, 9.17) is 9.47 Å². The van der Waals surface area contributed by atoms with Gasteiger partial charge in [-0.25, -0.2) is 0 Å². The number of anilines is 1. The van der Waals surface area contributed by atoms with Crippen molar-refractivity contribution < 1.29 is 24.2 Å². The van der Waals surface area contributed by atoms with Gasteiger partial charge in [-0.1, -0.05) is 55.8 Å². The number of aliphatic hydroxyl groups is 1. The lowest BCUT2D eigenvalue weighted by Gasteiger charge is -2.27. The van der Waals surface area contributed by atoms with E-state index < -0.39 is 17.7 Å². The molecule has 0 bridgehead atoms. The van der Waals surface area contributed by atoms with Crippen molar-refractivity contribution in [3.8, 4) is 11.5 Å². The number of carbonyl (C=O) groups is 2. The van der Waals surface area contributed by atoms with Gasteiger partial charge in [0.15, 0.2) is 0 Å². The third kappa shape index (κ3) is 4.85. The van der Waals surface area contributed by atoms with Gasteiger partial charge in [-0.05, 0) is 61.2 Å². The van der Waals surface area contributed by atoms with Gasteiger partial charge in [0.25, 0.3) is 11.7 Å². The third-order valence-electron chi connectivity index (χ3n) is 6.16. The van der Waals surface area contributed by atoms with Gasteiger partial charge >= 0.3 is 0 Å². The fourth-order valence-corrected chi connectivity index (χ4v) is 4.44. The molecule has 1 unspecified atom stereocenters.